The molecule has 0 saturated carbocycles. The predicted molar refractivity (Wildman–Crippen MR) is 82.6 cm³/mol. The first-order valence-corrected chi connectivity index (χ1v) is 7.50. The van der Waals surface area contributed by atoms with Crippen molar-refractivity contribution in [1.29, 1.82) is 0 Å². The zero-order chi connectivity index (χ0) is 13.9. The van der Waals surface area contributed by atoms with Gasteiger partial charge in [-0.3, -0.25) is 4.90 Å². The lowest BCUT2D eigenvalue weighted by molar-refractivity contribution is 0.234. The standard InChI is InChI=1S/C17H28N2/c1-14(12-18-17(2,3)4)19-11-10-16(13-19)15-8-6-5-7-9-15/h5-9,14,16,18H,10-13H2,1-4H3. The molecule has 1 aliphatic heterocycles. The maximum absolute atomic E-state index is 3.61. The van der Waals surface area contributed by atoms with Crippen molar-refractivity contribution in [2.24, 2.45) is 0 Å². The van der Waals surface area contributed by atoms with E-state index in [2.05, 4.69) is 68.2 Å². The summed E-state index contributed by atoms with van der Waals surface area (Å²) in [5.74, 6) is 0.721. The molecule has 1 aliphatic rings. The number of benzene rings is 1. The van der Waals surface area contributed by atoms with Gasteiger partial charge in [0.25, 0.3) is 0 Å². The Hall–Kier alpha value is -0.860. The van der Waals surface area contributed by atoms with Crippen molar-refractivity contribution in [2.45, 2.75) is 51.6 Å². The summed E-state index contributed by atoms with van der Waals surface area (Å²) in [6.45, 7) is 12.5. The summed E-state index contributed by atoms with van der Waals surface area (Å²) in [5.41, 5.74) is 1.72. The Morgan fingerprint density at radius 3 is 2.58 bits per heavy atom. The fourth-order valence-electron chi connectivity index (χ4n) is 2.77. The molecule has 0 amide bonds. The maximum atomic E-state index is 3.61. The van der Waals surface area contributed by atoms with Crippen LogP contribution in [0.1, 0.15) is 45.6 Å². The van der Waals surface area contributed by atoms with Crippen molar-refractivity contribution in [3.63, 3.8) is 0 Å². The summed E-state index contributed by atoms with van der Waals surface area (Å²) in [6, 6.07) is 11.6. The lowest BCUT2D eigenvalue weighted by Crippen LogP contribution is -2.45. The minimum Gasteiger partial charge on any atom is -0.311 e. The Bertz CT molecular complexity index is 380. The first-order chi connectivity index (χ1) is 8.96. The largest absolute Gasteiger partial charge is 0.311 e. The van der Waals surface area contributed by atoms with E-state index in [1.807, 2.05) is 0 Å². The predicted octanol–water partition coefficient (Wildman–Crippen LogP) is 3.25. The summed E-state index contributed by atoms with van der Waals surface area (Å²) in [4.78, 5) is 2.62. The van der Waals surface area contributed by atoms with Gasteiger partial charge in [-0.15, -0.1) is 0 Å². The minimum atomic E-state index is 0.215. The third kappa shape index (κ3) is 4.32. The Kier molecular flexibility index (Phi) is 4.64. The van der Waals surface area contributed by atoms with Gasteiger partial charge in [0.05, 0.1) is 0 Å². The Labute approximate surface area is 118 Å². The van der Waals surface area contributed by atoms with Crippen LogP contribution >= 0.6 is 0 Å². The third-order valence-electron chi connectivity index (χ3n) is 4.04. The molecule has 0 bridgehead atoms. The molecule has 2 atom stereocenters. The third-order valence-corrected chi connectivity index (χ3v) is 4.04. The molecular weight excluding hydrogens is 232 g/mol. The molecule has 0 aromatic heterocycles. The molecule has 1 aromatic rings. The lowest BCUT2D eigenvalue weighted by Gasteiger charge is -2.29. The van der Waals surface area contributed by atoms with Gasteiger partial charge >= 0.3 is 0 Å². The molecule has 1 N–H and O–H groups in total. The van der Waals surface area contributed by atoms with Crippen LogP contribution in [0, 0.1) is 0 Å². The van der Waals surface area contributed by atoms with E-state index in [1.54, 1.807) is 0 Å². The lowest BCUT2D eigenvalue weighted by atomic mass is 9.99. The highest BCUT2D eigenvalue weighted by Crippen LogP contribution is 2.28. The number of hydrogen-bond donors (Lipinski definition) is 1. The summed E-state index contributed by atoms with van der Waals surface area (Å²) < 4.78 is 0. The van der Waals surface area contributed by atoms with Gasteiger partial charge < -0.3 is 5.32 Å². The molecule has 19 heavy (non-hydrogen) atoms. The van der Waals surface area contributed by atoms with E-state index in [0.29, 0.717) is 6.04 Å². The van der Waals surface area contributed by atoms with E-state index in [-0.39, 0.29) is 5.54 Å². The molecule has 2 rings (SSSR count). The highest BCUT2D eigenvalue weighted by Gasteiger charge is 2.27. The molecule has 0 aliphatic carbocycles. The highest BCUT2D eigenvalue weighted by molar-refractivity contribution is 5.21. The summed E-state index contributed by atoms with van der Waals surface area (Å²) in [5, 5.41) is 3.61. The molecular formula is C17H28N2. The molecule has 106 valence electrons. The van der Waals surface area contributed by atoms with Gasteiger partial charge in [-0.05, 0) is 52.1 Å². The first-order valence-electron chi connectivity index (χ1n) is 7.50. The van der Waals surface area contributed by atoms with E-state index >= 15 is 0 Å². The van der Waals surface area contributed by atoms with Crippen LogP contribution in [-0.4, -0.2) is 36.1 Å². The highest BCUT2D eigenvalue weighted by atomic mass is 15.2. The number of likely N-dealkylation sites (tertiary alicyclic amines) is 1. The van der Waals surface area contributed by atoms with Crippen molar-refractivity contribution in [1.82, 2.24) is 10.2 Å². The van der Waals surface area contributed by atoms with Gasteiger partial charge in [-0.1, -0.05) is 30.3 Å². The van der Waals surface area contributed by atoms with Crippen molar-refractivity contribution < 1.29 is 0 Å². The second kappa shape index (κ2) is 6.06. The Morgan fingerprint density at radius 1 is 1.26 bits per heavy atom. The molecule has 1 aromatic carbocycles. The van der Waals surface area contributed by atoms with E-state index in [1.165, 1.54) is 25.1 Å². The Balaban J connectivity index is 1.85. The summed E-state index contributed by atoms with van der Waals surface area (Å²) >= 11 is 0. The van der Waals surface area contributed by atoms with Gasteiger partial charge in [0.2, 0.25) is 0 Å². The van der Waals surface area contributed by atoms with Crippen LogP contribution in [0.4, 0.5) is 0 Å². The van der Waals surface area contributed by atoms with E-state index in [4.69, 9.17) is 0 Å². The van der Waals surface area contributed by atoms with E-state index < -0.39 is 0 Å². The maximum Gasteiger partial charge on any atom is 0.0192 e. The molecule has 0 radical (unpaired) electrons. The van der Waals surface area contributed by atoms with Gasteiger partial charge in [0.15, 0.2) is 0 Å². The molecule has 2 nitrogen and oxygen atoms in total. The van der Waals surface area contributed by atoms with Crippen molar-refractivity contribution in [3.8, 4) is 0 Å². The van der Waals surface area contributed by atoms with Crippen molar-refractivity contribution in [2.75, 3.05) is 19.6 Å². The van der Waals surface area contributed by atoms with Gasteiger partial charge in [-0.25, -0.2) is 0 Å². The zero-order valence-corrected chi connectivity index (χ0v) is 12.8. The van der Waals surface area contributed by atoms with Crippen LogP contribution in [0.25, 0.3) is 0 Å². The number of nitrogens with one attached hydrogen (secondary N) is 1. The van der Waals surface area contributed by atoms with Gasteiger partial charge in [0, 0.05) is 24.7 Å². The quantitative estimate of drug-likeness (QED) is 0.894. The van der Waals surface area contributed by atoms with E-state index in [9.17, 15) is 0 Å². The summed E-state index contributed by atoms with van der Waals surface area (Å²) in [7, 11) is 0. The molecule has 1 heterocycles. The zero-order valence-electron chi connectivity index (χ0n) is 12.8. The minimum absolute atomic E-state index is 0.215. The van der Waals surface area contributed by atoms with Crippen LogP contribution in [-0.2, 0) is 0 Å². The van der Waals surface area contributed by atoms with Crippen molar-refractivity contribution >= 4 is 0 Å². The fraction of sp³-hybridized carbons (Fsp3) is 0.647. The normalized spacial score (nSPS) is 22.6. The number of rotatable bonds is 4. The average Bonchev–Trinajstić information content (AvgIpc) is 2.86. The molecule has 0 spiro atoms. The second-order valence-corrected chi connectivity index (χ2v) is 6.87. The molecule has 2 heteroatoms. The monoisotopic (exact) mass is 260 g/mol. The molecule has 1 fully saturated rings. The second-order valence-electron chi connectivity index (χ2n) is 6.87. The molecule has 1 saturated heterocycles. The van der Waals surface area contributed by atoms with Crippen molar-refractivity contribution in [3.05, 3.63) is 35.9 Å². The fourth-order valence-corrected chi connectivity index (χ4v) is 2.77. The smallest absolute Gasteiger partial charge is 0.0192 e. The van der Waals surface area contributed by atoms with E-state index in [0.717, 1.165) is 12.5 Å². The topological polar surface area (TPSA) is 15.3 Å². The first kappa shape index (κ1) is 14.5. The molecule has 2 unspecified atom stereocenters. The number of nitrogens with zero attached hydrogens (tertiary/aromatic N) is 1. The average molecular weight is 260 g/mol. The van der Waals surface area contributed by atoms with Crippen LogP contribution in [0.5, 0.6) is 0 Å². The van der Waals surface area contributed by atoms with Gasteiger partial charge in [-0.2, -0.15) is 0 Å². The van der Waals surface area contributed by atoms with Crippen LogP contribution < -0.4 is 5.32 Å². The van der Waals surface area contributed by atoms with Crippen LogP contribution in [0.3, 0.4) is 0 Å². The van der Waals surface area contributed by atoms with Crippen LogP contribution in [0.15, 0.2) is 30.3 Å². The number of hydrogen-bond acceptors (Lipinski definition) is 2. The van der Waals surface area contributed by atoms with Crippen LogP contribution in [0.2, 0.25) is 0 Å². The Morgan fingerprint density at radius 2 is 1.95 bits per heavy atom. The van der Waals surface area contributed by atoms with Gasteiger partial charge in [0.1, 0.15) is 0 Å². The summed E-state index contributed by atoms with van der Waals surface area (Å²) in [6.07, 6.45) is 1.30. The SMILES string of the molecule is CC(CNC(C)(C)C)N1CCC(c2ccccc2)C1.